The van der Waals surface area contributed by atoms with Gasteiger partial charge < -0.3 is 15.8 Å². The van der Waals surface area contributed by atoms with Gasteiger partial charge in [-0.1, -0.05) is 30.3 Å². The zero-order valence-corrected chi connectivity index (χ0v) is 17.8. The largest absolute Gasteiger partial charge is 0.416 e. The van der Waals surface area contributed by atoms with Gasteiger partial charge in [-0.3, -0.25) is 4.79 Å². The molecule has 0 radical (unpaired) electrons. The van der Waals surface area contributed by atoms with Gasteiger partial charge in [0.25, 0.3) is 0 Å². The highest BCUT2D eigenvalue weighted by atomic mass is 19.4. The van der Waals surface area contributed by atoms with E-state index >= 15 is 0 Å². The summed E-state index contributed by atoms with van der Waals surface area (Å²) in [5.74, 6) is -1.33. The summed E-state index contributed by atoms with van der Waals surface area (Å²) in [6, 6.07) is 10.1. The molecule has 33 heavy (non-hydrogen) atoms. The second-order valence-corrected chi connectivity index (χ2v) is 8.27. The highest BCUT2D eigenvalue weighted by Gasteiger charge is 2.46. The number of carbonyl (C=O) groups excluding carboxylic acids is 1. The van der Waals surface area contributed by atoms with Crippen molar-refractivity contribution >= 4 is 5.91 Å². The van der Waals surface area contributed by atoms with Crippen molar-refractivity contribution in [3.8, 4) is 0 Å². The van der Waals surface area contributed by atoms with Gasteiger partial charge in [0.2, 0.25) is 5.91 Å². The van der Waals surface area contributed by atoms with E-state index in [2.05, 4.69) is 5.32 Å². The van der Waals surface area contributed by atoms with Crippen LogP contribution in [0.25, 0.3) is 0 Å². The number of benzene rings is 2. The van der Waals surface area contributed by atoms with Crippen molar-refractivity contribution in [3.63, 3.8) is 0 Å². The molecule has 3 N–H and O–H groups in total. The summed E-state index contributed by atoms with van der Waals surface area (Å²) >= 11 is 0. The van der Waals surface area contributed by atoms with E-state index in [1.54, 1.807) is 0 Å². The van der Waals surface area contributed by atoms with Gasteiger partial charge in [-0.25, -0.2) is 0 Å². The Morgan fingerprint density at radius 2 is 1.61 bits per heavy atom. The van der Waals surface area contributed by atoms with Gasteiger partial charge in [0.15, 0.2) is 0 Å². The van der Waals surface area contributed by atoms with Crippen LogP contribution in [0.15, 0.2) is 48.5 Å². The SMILES string of the molecule is CC(OCc1cc(C(F)(F)F)cc(C(F)(F)F)c1)(C(N)=O)C1CCCNC1c1ccccc1. The summed E-state index contributed by atoms with van der Waals surface area (Å²) in [5, 5.41) is 3.32. The number of nitrogens with two attached hydrogens (primary N) is 1. The third-order valence-electron chi connectivity index (χ3n) is 6.00. The molecule has 1 amide bonds. The number of ether oxygens (including phenoxy) is 1. The molecule has 10 heteroatoms. The molecule has 1 fully saturated rings. The normalized spacial score (nSPS) is 21.4. The second kappa shape index (κ2) is 9.34. The maximum atomic E-state index is 13.2. The Morgan fingerprint density at radius 3 is 2.12 bits per heavy atom. The number of carbonyl (C=O) groups is 1. The third-order valence-corrected chi connectivity index (χ3v) is 6.00. The van der Waals surface area contributed by atoms with Crippen LogP contribution in [0, 0.1) is 5.92 Å². The van der Waals surface area contributed by atoms with Crippen molar-refractivity contribution in [2.24, 2.45) is 11.7 Å². The van der Waals surface area contributed by atoms with Gasteiger partial charge in [-0.2, -0.15) is 26.3 Å². The molecule has 3 rings (SSSR count). The van der Waals surface area contributed by atoms with Gasteiger partial charge in [0.05, 0.1) is 17.7 Å². The van der Waals surface area contributed by atoms with Crippen LogP contribution in [0.4, 0.5) is 26.3 Å². The van der Waals surface area contributed by atoms with Crippen LogP contribution >= 0.6 is 0 Å². The molecule has 2 aromatic rings. The zero-order valence-electron chi connectivity index (χ0n) is 17.8. The Balaban J connectivity index is 1.93. The van der Waals surface area contributed by atoms with Crippen LogP contribution in [-0.2, 0) is 28.5 Å². The van der Waals surface area contributed by atoms with Crippen molar-refractivity contribution in [2.75, 3.05) is 6.54 Å². The molecule has 1 saturated heterocycles. The summed E-state index contributed by atoms with van der Waals surface area (Å²) in [6.45, 7) is 1.46. The molecule has 4 nitrogen and oxygen atoms in total. The molecule has 3 atom stereocenters. The van der Waals surface area contributed by atoms with E-state index in [0.717, 1.165) is 5.56 Å². The number of rotatable bonds is 6. The van der Waals surface area contributed by atoms with E-state index in [1.807, 2.05) is 30.3 Å². The standard InChI is InChI=1S/C23H24F6N2O2/c1-21(20(30)32,18-8-5-9-31-19(18)15-6-3-2-4-7-15)33-13-14-10-16(22(24,25)26)12-17(11-14)23(27,28)29/h2-4,6-7,10-12,18-19,31H,5,8-9,13H2,1H3,(H2,30,32). The fraction of sp³-hybridized carbons (Fsp3) is 0.435. The lowest BCUT2D eigenvalue weighted by Gasteiger charge is -2.43. The van der Waals surface area contributed by atoms with E-state index in [4.69, 9.17) is 10.5 Å². The lowest BCUT2D eigenvalue weighted by atomic mass is 9.75. The van der Waals surface area contributed by atoms with E-state index in [9.17, 15) is 31.1 Å². The summed E-state index contributed by atoms with van der Waals surface area (Å²) in [6.07, 6.45) is -8.73. The molecule has 0 aromatic heterocycles. The van der Waals surface area contributed by atoms with Crippen LogP contribution in [0.5, 0.6) is 0 Å². The quantitative estimate of drug-likeness (QED) is 0.564. The van der Waals surface area contributed by atoms with Gasteiger partial charge in [-0.15, -0.1) is 0 Å². The molecule has 1 aliphatic heterocycles. The lowest BCUT2D eigenvalue weighted by Crippen LogP contribution is -2.55. The van der Waals surface area contributed by atoms with Gasteiger partial charge in [-0.05, 0) is 55.6 Å². The molecular weight excluding hydrogens is 450 g/mol. The number of hydrogen-bond donors (Lipinski definition) is 2. The second-order valence-electron chi connectivity index (χ2n) is 8.27. The molecule has 0 aliphatic carbocycles. The number of piperidine rings is 1. The highest BCUT2D eigenvalue weighted by Crippen LogP contribution is 2.41. The van der Waals surface area contributed by atoms with Gasteiger partial charge >= 0.3 is 12.4 Å². The number of hydrogen-bond acceptors (Lipinski definition) is 3. The van der Waals surface area contributed by atoms with E-state index < -0.39 is 47.5 Å². The molecule has 0 spiro atoms. The van der Waals surface area contributed by atoms with E-state index in [1.165, 1.54) is 6.92 Å². The predicted octanol–water partition coefficient (Wildman–Crippen LogP) is 5.23. The Labute approximate surface area is 187 Å². The molecule has 180 valence electrons. The maximum absolute atomic E-state index is 13.2. The minimum absolute atomic E-state index is 0.0489. The molecular formula is C23H24F6N2O2. The highest BCUT2D eigenvalue weighted by molar-refractivity contribution is 5.83. The van der Waals surface area contributed by atoms with E-state index in [0.29, 0.717) is 31.5 Å². The fourth-order valence-electron chi connectivity index (χ4n) is 4.19. The molecule has 3 unspecified atom stereocenters. The first-order valence-corrected chi connectivity index (χ1v) is 10.3. The third kappa shape index (κ3) is 5.67. The van der Waals surface area contributed by atoms with Crippen LogP contribution in [-0.4, -0.2) is 18.1 Å². The smallest absolute Gasteiger partial charge is 0.367 e. The topological polar surface area (TPSA) is 64.3 Å². The first kappa shape index (κ1) is 25.0. The van der Waals surface area contributed by atoms with Crippen molar-refractivity contribution in [2.45, 2.75) is 50.4 Å². The summed E-state index contributed by atoms with van der Waals surface area (Å²) in [4.78, 5) is 12.5. The Hall–Kier alpha value is -2.59. The molecule has 1 aliphatic rings. The summed E-state index contributed by atoms with van der Waals surface area (Å²) < 4.78 is 84.8. The number of nitrogens with one attached hydrogen (secondary N) is 1. The minimum atomic E-state index is -4.98. The Kier molecular flexibility index (Phi) is 7.09. The molecule has 0 bridgehead atoms. The molecule has 0 saturated carbocycles. The molecule has 2 aromatic carbocycles. The average Bonchev–Trinajstić information content (AvgIpc) is 2.76. The Bertz CT molecular complexity index is 945. The summed E-state index contributed by atoms with van der Waals surface area (Å²) in [7, 11) is 0. The first-order valence-electron chi connectivity index (χ1n) is 10.3. The van der Waals surface area contributed by atoms with Crippen molar-refractivity contribution in [1.82, 2.24) is 5.32 Å². The number of primary amides is 1. The van der Waals surface area contributed by atoms with Crippen LogP contribution in [0.2, 0.25) is 0 Å². The zero-order chi connectivity index (χ0) is 24.4. The van der Waals surface area contributed by atoms with Gasteiger partial charge in [0.1, 0.15) is 5.60 Å². The summed E-state index contributed by atoms with van der Waals surface area (Å²) in [5.41, 5.74) is 1.64. The van der Waals surface area contributed by atoms with Crippen LogP contribution in [0.1, 0.15) is 48.1 Å². The Morgan fingerprint density at radius 1 is 1.03 bits per heavy atom. The van der Waals surface area contributed by atoms with Crippen molar-refractivity contribution in [3.05, 3.63) is 70.8 Å². The predicted molar refractivity (Wildman–Crippen MR) is 109 cm³/mol. The average molecular weight is 474 g/mol. The monoisotopic (exact) mass is 474 g/mol. The van der Waals surface area contributed by atoms with Crippen LogP contribution in [0.3, 0.4) is 0 Å². The fourth-order valence-corrected chi connectivity index (χ4v) is 4.19. The van der Waals surface area contributed by atoms with Crippen molar-refractivity contribution in [1.29, 1.82) is 0 Å². The number of amides is 1. The minimum Gasteiger partial charge on any atom is -0.367 e. The van der Waals surface area contributed by atoms with Gasteiger partial charge in [0, 0.05) is 12.0 Å². The first-order chi connectivity index (χ1) is 15.3. The maximum Gasteiger partial charge on any atom is 0.416 e. The number of halogens is 6. The number of alkyl halides is 6. The van der Waals surface area contributed by atoms with Crippen molar-refractivity contribution < 1.29 is 35.9 Å². The molecule has 1 heterocycles. The van der Waals surface area contributed by atoms with E-state index in [-0.39, 0.29) is 17.7 Å². The van der Waals surface area contributed by atoms with Crippen LogP contribution < -0.4 is 11.1 Å². The lowest BCUT2D eigenvalue weighted by molar-refractivity contribution is -0.156.